The number of halogens is 1. The number of benzene rings is 3. The predicted molar refractivity (Wildman–Crippen MR) is 204 cm³/mol. The van der Waals surface area contributed by atoms with Crippen LogP contribution in [0.15, 0.2) is 54.6 Å². The molecular formula is C41H46ClN5O7. The maximum atomic E-state index is 14.1. The first kappa shape index (κ1) is 37.6. The van der Waals surface area contributed by atoms with Crippen LogP contribution < -0.4 is 19.9 Å². The Labute approximate surface area is 320 Å². The number of hydrogen-bond acceptors (Lipinski definition) is 9. The standard InChI is InChI=1S/C41H46ClN5O7/c1-26-22-46(23-26)29-8-11-32-35(20-29)54-36-21-30(47-24-28(25-47)40(50)51-2)9-12-33(36)41(32)34-19-27(7-10-31(34)37(48)38(41)45-43)39(49)44-14-16-53-18-17-52-15-6-4-3-5-13-42/h7-12,19-21,26,28H,3-6,13-18,22-25H2,1-2H3,(H,44,49). The summed E-state index contributed by atoms with van der Waals surface area (Å²) < 4.78 is 22.9. The number of carbonyl (C=O) groups excluding carboxylic acids is 3. The number of ether oxygens (including phenoxy) is 4. The molecule has 3 aliphatic heterocycles. The fourth-order valence-electron chi connectivity index (χ4n) is 7.98. The van der Waals surface area contributed by atoms with Crippen LogP contribution in [0.5, 0.6) is 11.5 Å². The molecule has 1 aliphatic carbocycles. The number of nitrogens with zero attached hydrogens (tertiary/aromatic N) is 4. The van der Waals surface area contributed by atoms with Crippen molar-refractivity contribution in [3.8, 4) is 11.5 Å². The summed E-state index contributed by atoms with van der Waals surface area (Å²) in [6.07, 6.45) is 4.22. The van der Waals surface area contributed by atoms with Gasteiger partial charge in [-0.15, -0.1) is 11.6 Å². The number of amides is 1. The number of anilines is 2. The monoisotopic (exact) mass is 755 g/mol. The number of hydrogen-bond donors (Lipinski definition) is 1. The van der Waals surface area contributed by atoms with E-state index in [0.717, 1.165) is 50.1 Å². The molecule has 1 spiro atoms. The first-order valence-electron chi connectivity index (χ1n) is 18.8. The summed E-state index contributed by atoms with van der Waals surface area (Å²) in [7, 11) is 1.39. The van der Waals surface area contributed by atoms with E-state index in [9.17, 15) is 19.9 Å². The van der Waals surface area contributed by atoms with Gasteiger partial charge in [-0.25, -0.2) is 0 Å². The van der Waals surface area contributed by atoms with Crippen molar-refractivity contribution >= 4 is 46.3 Å². The number of methoxy groups -OCH3 is 1. The summed E-state index contributed by atoms with van der Waals surface area (Å²) in [4.78, 5) is 47.7. The lowest BCUT2D eigenvalue weighted by Gasteiger charge is -2.41. The molecule has 2 saturated heterocycles. The Morgan fingerprint density at radius 2 is 1.52 bits per heavy atom. The van der Waals surface area contributed by atoms with Crippen molar-refractivity contribution in [3.05, 3.63) is 87.9 Å². The second-order valence-corrected chi connectivity index (χ2v) is 14.8. The topological polar surface area (TPSA) is 143 Å². The van der Waals surface area contributed by atoms with Gasteiger partial charge in [0.15, 0.2) is 5.41 Å². The highest BCUT2D eigenvalue weighted by atomic mass is 35.5. The molecule has 4 aliphatic rings. The maximum absolute atomic E-state index is 14.1. The summed E-state index contributed by atoms with van der Waals surface area (Å²) in [6, 6.07) is 16.6. The van der Waals surface area contributed by atoms with Gasteiger partial charge in [-0.2, -0.15) is 4.79 Å². The number of alkyl halides is 1. The van der Waals surface area contributed by atoms with Crippen LogP contribution in [0.4, 0.5) is 11.4 Å². The zero-order chi connectivity index (χ0) is 37.8. The predicted octanol–water partition coefficient (Wildman–Crippen LogP) is 5.62. The molecular weight excluding hydrogens is 710 g/mol. The molecule has 0 radical (unpaired) electrons. The maximum Gasteiger partial charge on any atom is 0.358 e. The third-order valence-corrected chi connectivity index (χ3v) is 11.1. The second kappa shape index (κ2) is 16.3. The molecule has 0 bridgehead atoms. The number of unbranched alkanes of at least 4 members (excludes halogenated alkanes) is 3. The second-order valence-electron chi connectivity index (χ2n) is 14.5. The average molecular weight is 756 g/mol. The van der Waals surface area contributed by atoms with Crippen molar-refractivity contribution in [3.63, 3.8) is 0 Å². The Morgan fingerprint density at radius 1 is 0.870 bits per heavy atom. The molecule has 2 fully saturated rings. The van der Waals surface area contributed by atoms with E-state index in [1.807, 2.05) is 36.4 Å². The van der Waals surface area contributed by atoms with Gasteiger partial charge in [0.1, 0.15) is 11.5 Å². The Hall–Kier alpha value is -4.74. The molecule has 12 nitrogen and oxygen atoms in total. The van der Waals surface area contributed by atoms with Gasteiger partial charge in [-0.3, -0.25) is 14.4 Å². The zero-order valence-corrected chi connectivity index (χ0v) is 31.5. The fourth-order valence-corrected chi connectivity index (χ4v) is 8.17. The molecule has 1 N–H and O–H groups in total. The Balaban J connectivity index is 1.14. The molecule has 0 saturated carbocycles. The average Bonchev–Trinajstić information content (AvgIpc) is 3.39. The van der Waals surface area contributed by atoms with Crippen LogP contribution in [0.1, 0.15) is 70.0 Å². The van der Waals surface area contributed by atoms with E-state index in [1.165, 1.54) is 7.11 Å². The van der Waals surface area contributed by atoms with Crippen LogP contribution in [-0.2, 0) is 24.4 Å². The van der Waals surface area contributed by atoms with E-state index < -0.39 is 11.2 Å². The third kappa shape index (κ3) is 6.99. The van der Waals surface area contributed by atoms with E-state index in [-0.39, 0.29) is 30.1 Å². The highest BCUT2D eigenvalue weighted by Gasteiger charge is 2.62. The van der Waals surface area contributed by atoms with Crippen LogP contribution in [0.2, 0.25) is 0 Å². The van der Waals surface area contributed by atoms with Gasteiger partial charge in [0.25, 0.3) is 11.7 Å². The smallest absolute Gasteiger partial charge is 0.358 e. The van der Waals surface area contributed by atoms with E-state index in [0.29, 0.717) is 90.6 Å². The van der Waals surface area contributed by atoms with Gasteiger partial charge in [0.2, 0.25) is 0 Å². The highest BCUT2D eigenvalue weighted by Crippen LogP contribution is 2.57. The number of carbonyl (C=O) groups is 3. The molecule has 3 heterocycles. The molecule has 13 heteroatoms. The molecule has 1 atom stereocenters. The zero-order valence-electron chi connectivity index (χ0n) is 30.8. The quantitative estimate of drug-likeness (QED) is 0.0648. The van der Waals surface area contributed by atoms with Crippen LogP contribution >= 0.6 is 11.6 Å². The number of ketones is 1. The Morgan fingerprint density at radius 3 is 2.15 bits per heavy atom. The number of esters is 1. The lowest BCUT2D eigenvalue weighted by atomic mass is 9.67. The normalized spacial score (nSPS) is 18.6. The number of rotatable bonds is 16. The summed E-state index contributed by atoms with van der Waals surface area (Å²) in [5.74, 6) is 1.06. The molecule has 284 valence electrons. The number of Topliss-reactive ketones (excluding diaryl/α,β-unsaturated/α-hetero) is 1. The third-order valence-electron chi connectivity index (χ3n) is 10.8. The van der Waals surface area contributed by atoms with Gasteiger partial charge in [0.05, 0.1) is 32.8 Å². The summed E-state index contributed by atoms with van der Waals surface area (Å²) >= 11 is 5.72. The highest BCUT2D eigenvalue weighted by molar-refractivity contribution is 6.52. The first-order chi connectivity index (χ1) is 26.3. The van der Waals surface area contributed by atoms with E-state index >= 15 is 0 Å². The van der Waals surface area contributed by atoms with Crippen LogP contribution in [0, 0.1) is 11.8 Å². The largest absolute Gasteiger partial charge is 0.469 e. The van der Waals surface area contributed by atoms with E-state index in [1.54, 1.807) is 18.2 Å². The Kier molecular flexibility index (Phi) is 11.4. The first-order valence-corrected chi connectivity index (χ1v) is 19.3. The summed E-state index contributed by atoms with van der Waals surface area (Å²) in [5.41, 5.74) is 13.5. The van der Waals surface area contributed by atoms with Crippen molar-refractivity contribution < 1.29 is 38.1 Å². The molecule has 3 aromatic rings. The van der Waals surface area contributed by atoms with E-state index in [4.69, 9.17) is 30.5 Å². The van der Waals surface area contributed by atoms with Crippen LogP contribution in [-0.4, -0.2) is 100 Å². The lowest BCUT2D eigenvalue weighted by Crippen LogP contribution is -2.51. The number of fused-ring (bicyclic) bond motifs is 6. The van der Waals surface area contributed by atoms with Crippen molar-refractivity contribution in [2.24, 2.45) is 11.8 Å². The SMILES string of the molecule is COC(=O)C1CN(c2ccc3c(c2)Oc2cc(N4CC(C)C4)ccc2C32C(=[N+]=[N-])C(=O)c3ccc(C(=O)NCCOCCOCCCCCCCl)cc32)C1. The van der Waals surface area contributed by atoms with Crippen molar-refractivity contribution in [2.45, 2.75) is 38.0 Å². The van der Waals surface area contributed by atoms with Gasteiger partial charge < -0.3 is 39.6 Å². The van der Waals surface area contributed by atoms with Crippen molar-refractivity contribution in [2.75, 3.05) is 81.9 Å². The molecule has 54 heavy (non-hydrogen) atoms. The van der Waals surface area contributed by atoms with Gasteiger partial charge in [0, 0.05) is 91.0 Å². The number of nitrogens with one attached hydrogen (secondary N) is 1. The van der Waals surface area contributed by atoms with E-state index in [2.05, 4.69) is 26.8 Å². The molecule has 3 aromatic carbocycles. The summed E-state index contributed by atoms with van der Waals surface area (Å²) in [5, 5.41) is 2.92. The van der Waals surface area contributed by atoms with Crippen LogP contribution in [0.3, 0.4) is 0 Å². The molecule has 0 aromatic heterocycles. The van der Waals surface area contributed by atoms with Gasteiger partial charge >= 0.3 is 11.7 Å². The minimum atomic E-state index is -1.36. The fraction of sp³-hybridized carbons (Fsp3) is 0.463. The Bertz CT molecular complexity index is 1970. The van der Waals surface area contributed by atoms with Crippen LogP contribution in [0.25, 0.3) is 5.53 Å². The van der Waals surface area contributed by atoms with Crippen molar-refractivity contribution in [1.29, 1.82) is 0 Å². The molecule has 1 amide bonds. The summed E-state index contributed by atoms with van der Waals surface area (Å²) in [6.45, 7) is 7.23. The minimum absolute atomic E-state index is 0.0699. The lowest BCUT2D eigenvalue weighted by molar-refractivity contribution is -0.146. The molecule has 1 unspecified atom stereocenters. The van der Waals surface area contributed by atoms with Gasteiger partial charge in [-0.05, 0) is 54.7 Å². The van der Waals surface area contributed by atoms with Gasteiger partial charge in [-0.1, -0.05) is 31.9 Å². The minimum Gasteiger partial charge on any atom is -0.469 e. The van der Waals surface area contributed by atoms with Crippen molar-refractivity contribution in [1.82, 2.24) is 5.32 Å². The molecule has 7 rings (SSSR count).